The summed E-state index contributed by atoms with van der Waals surface area (Å²) in [5.74, 6) is 0.526. The van der Waals surface area contributed by atoms with E-state index < -0.39 is 0 Å². The third-order valence-corrected chi connectivity index (χ3v) is 6.63. The number of anilines is 1. The minimum absolute atomic E-state index is 0.0912. The summed E-state index contributed by atoms with van der Waals surface area (Å²) in [4.78, 5) is 19.2. The molecule has 3 nitrogen and oxygen atoms in total. The monoisotopic (exact) mass is 404 g/mol. The molecule has 0 bridgehead atoms. The Bertz CT molecular complexity index is 1220. The van der Waals surface area contributed by atoms with E-state index in [1.807, 2.05) is 48.2 Å². The van der Waals surface area contributed by atoms with Crippen LogP contribution in [0, 0.1) is 6.92 Å². The van der Waals surface area contributed by atoms with Crippen molar-refractivity contribution in [2.45, 2.75) is 12.3 Å². The molecule has 0 N–H and O–H groups in total. The van der Waals surface area contributed by atoms with Gasteiger partial charge in [0.2, 0.25) is 5.91 Å². The van der Waals surface area contributed by atoms with Crippen LogP contribution < -0.4 is 4.90 Å². The lowest BCUT2D eigenvalue weighted by Gasteiger charge is -2.25. The van der Waals surface area contributed by atoms with Gasteiger partial charge >= 0.3 is 0 Å². The molecule has 0 aliphatic carbocycles. The van der Waals surface area contributed by atoms with Gasteiger partial charge in [-0.1, -0.05) is 65.7 Å². The summed E-state index contributed by atoms with van der Waals surface area (Å²) in [6, 6.07) is 22.4. The lowest BCUT2D eigenvalue weighted by atomic mass is 10.0. The van der Waals surface area contributed by atoms with Crippen molar-refractivity contribution in [1.82, 2.24) is 4.98 Å². The van der Waals surface area contributed by atoms with E-state index in [9.17, 15) is 4.79 Å². The van der Waals surface area contributed by atoms with Gasteiger partial charge in [0.05, 0.1) is 11.3 Å². The number of thioether (sulfide) groups is 1. The Morgan fingerprint density at radius 1 is 1.04 bits per heavy atom. The average Bonchev–Trinajstić information content (AvgIpc) is 3.09. The molecule has 28 heavy (non-hydrogen) atoms. The molecule has 1 aliphatic heterocycles. The van der Waals surface area contributed by atoms with Crippen LogP contribution in [0.2, 0.25) is 5.15 Å². The number of nitrogens with zero attached hydrogens (tertiary/aromatic N) is 2. The molecule has 4 aromatic rings. The predicted octanol–water partition coefficient (Wildman–Crippen LogP) is 6.13. The number of amides is 1. The van der Waals surface area contributed by atoms with Crippen molar-refractivity contribution < 1.29 is 4.79 Å². The topological polar surface area (TPSA) is 33.2 Å². The summed E-state index contributed by atoms with van der Waals surface area (Å²) in [6.45, 7) is 2.04. The second-order valence-corrected chi connectivity index (χ2v) is 8.42. The molecule has 1 amide bonds. The highest BCUT2D eigenvalue weighted by atomic mass is 35.5. The molecule has 1 fully saturated rings. The summed E-state index contributed by atoms with van der Waals surface area (Å²) in [5, 5.41) is 3.53. The first-order valence-electron chi connectivity index (χ1n) is 9.10. The number of carbonyl (C=O) groups is 1. The number of pyridine rings is 1. The zero-order valence-corrected chi connectivity index (χ0v) is 16.8. The fraction of sp³-hybridized carbons (Fsp3) is 0.130. The molecule has 1 unspecified atom stereocenters. The van der Waals surface area contributed by atoms with E-state index in [0.29, 0.717) is 10.9 Å². The molecule has 138 valence electrons. The van der Waals surface area contributed by atoms with E-state index in [1.165, 1.54) is 0 Å². The van der Waals surface area contributed by atoms with Gasteiger partial charge in [0.25, 0.3) is 0 Å². The van der Waals surface area contributed by atoms with Crippen LogP contribution in [0.4, 0.5) is 5.69 Å². The first-order valence-corrected chi connectivity index (χ1v) is 10.5. The van der Waals surface area contributed by atoms with E-state index in [4.69, 9.17) is 16.6 Å². The van der Waals surface area contributed by atoms with Gasteiger partial charge < -0.3 is 0 Å². The Morgan fingerprint density at radius 3 is 2.61 bits per heavy atom. The van der Waals surface area contributed by atoms with Crippen LogP contribution in [0.15, 0.2) is 66.7 Å². The van der Waals surface area contributed by atoms with Crippen LogP contribution in [-0.4, -0.2) is 16.6 Å². The fourth-order valence-corrected chi connectivity index (χ4v) is 5.21. The summed E-state index contributed by atoms with van der Waals surface area (Å²) in [5.41, 5.74) is 3.82. The van der Waals surface area contributed by atoms with Crippen LogP contribution in [0.1, 0.15) is 16.5 Å². The number of hydrogen-bond donors (Lipinski definition) is 0. The van der Waals surface area contributed by atoms with Crippen molar-refractivity contribution >= 4 is 56.6 Å². The van der Waals surface area contributed by atoms with Gasteiger partial charge in [0.15, 0.2) is 0 Å². The van der Waals surface area contributed by atoms with Gasteiger partial charge in [-0.05, 0) is 30.5 Å². The van der Waals surface area contributed by atoms with Crippen molar-refractivity contribution in [2.24, 2.45) is 0 Å². The number of halogens is 1. The maximum absolute atomic E-state index is 12.6. The van der Waals surface area contributed by atoms with Crippen LogP contribution in [0.5, 0.6) is 0 Å². The number of carbonyl (C=O) groups excluding carboxylic acids is 1. The Morgan fingerprint density at radius 2 is 1.79 bits per heavy atom. The number of aromatic nitrogens is 1. The number of aryl methyl sites for hydroxylation is 1. The largest absolute Gasteiger partial charge is 0.295 e. The van der Waals surface area contributed by atoms with E-state index >= 15 is 0 Å². The van der Waals surface area contributed by atoms with E-state index in [2.05, 4.69) is 30.3 Å². The highest BCUT2D eigenvalue weighted by Crippen LogP contribution is 2.44. The Labute approximate surface area is 172 Å². The molecule has 1 aliphatic rings. The van der Waals surface area contributed by atoms with E-state index in [1.54, 1.807) is 11.8 Å². The van der Waals surface area contributed by atoms with Gasteiger partial charge in [-0.3, -0.25) is 9.69 Å². The minimum atomic E-state index is -0.175. The zero-order chi connectivity index (χ0) is 19.3. The Balaban J connectivity index is 1.65. The predicted molar refractivity (Wildman–Crippen MR) is 118 cm³/mol. The second kappa shape index (κ2) is 6.80. The average molecular weight is 405 g/mol. The van der Waals surface area contributed by atoms with Crippen molar-refractivity contribution in [3.8, 4) is 0 Å². The molecule has 1 saturated heterocycles. The van der Waals surface area contributed by atoms with Crippen molar-refractivity contribution in [3.63, 3.8) is 0 Å². The molecule has 1 atom stereocenters. The molecule has 2 heterocycles. The number of hydrogen-bond acceptors (Lipinski definition) is 3. The second-order valence-electron chi connectivity index (χ2n) is 6.99. The molecular formula is C23H17ClN2OS. The zero-order valence-electron chi connectivity index (χ0n) is 15.2. The molecule has 5 heteroatoms. The van der Waals surface area contributed by atoms with E-state index in [-0.39, 0.29) is 11.3 Å². The number of benzene rings is 3. The van der Waals surface area contributed by atoms with Gasteiger partial charge in [-0.2, -0.15) is 0 Å². The third kappa shape index (κ3) is 2.84. The van der Waals surface area contributed by atoms with Crippen LogP contribution in [-0.2, 0) is 4.79 Å². The standard InChI is InChI=1S/C23H17ClN2OS/c1-14-6-10-17(11-7-14)26-20(27)13-28-23(26)19-12-16-9-8-15-4-2-3-5-18(15)21(16)25-22(19)24/h2-12,23H,13H2,1H3. The Kier molecular flexibility index (Phi) is 4.26. The summed E-state index contributed by atoms with van der Waals surface area (Å²) >= 11 is 8.24. The Hall–Kier alpha value is -2.56. The summed E-state index contributed by atoms with van der Waals surface area (Å²) < 4.78 is 0. The molecule has 3 aromatic carbocycles. The maximum atomic E-state index is 12.6. The lowest BCUT2D eigenvalue weighted by molar-refractivity contribution is -0.115. The van der Waals surface area contributed by atoms with E-state index in [0.717, 1.165) is 38.5 Å². The minimum Gasteiger partial charge on any atom is -0.295 e. The molecule has 5 rings (SSSR count). The quantitative estimate of drug-likeness (QED) is 0.297. The summed E-state index contributed by atoms with van der Waals surface area (Å²) in [6.07, 6.45) is 0. The first kappa shape index (κ1) is 17.5. The molecule has 0 radical (unpaired) electrons. The smallest absolute Gasteiger partial charge is 0.238 e. The first-order chi connectivity index (χ1) is 13.6. The highest BCUT2D eigenvalue weighted by Gasteiger charge is 2.35. The normalized spacial score (nSPS) is 17.0. The van der Waals surface area contributed by atoms with Gasteiger partial charge in [-0.15, -0.1) is 11.8 Å². The van der Waals surface area contributed by atoms with Gasteiger partial charge in [-0.25, -0.2) is 4.98 Å². The van der Waals surface area contributed by atoms with Gasteiger partial charge in [0.1, 0.15) is 10.5 Å². The third-order valence-electron chi connectivity index (χ3n) is 5.14. The van der Waals surface area contributed by atoms with Crippen LogP contribution in [0.25, 0.3) is 21.7 Å². The lowest BCUT2D eigenvalue weighted by Crippen LogP contribution is -2.28. The van der Waals surface area contributed by atoms with Crippen LogP contribution >= 0.6 is 23.4 Å². The van der Waals surface area contributed by atoms with Crippen LogP contribution in [0.3, 0.4) is 0 Å². The van der Waals surface area contributed by atoms with Gasteiger partial charge in [0, 0.05) is 22.0 Å². The molecular weight excluding hydrogens is 388 g/mol. The number of rotatable bonds is 2. The van der Waals surface area contributed by atoms with Crippen molar-refractivity contribution in [1.29, 1.82) is 0 Å². The maximum Gasteiger partial charge on any atom is 0.238 e. The summed E-state index contributed by atoms with van der Waals surface area (Å²) in [7, 11) is 0. The SMILES string of the molecule is Cc1ccc(N2C(=O)CSC2c2cc3ccc4ccccc4c3nc2Cl)cc1. The molecule has 1 aromatic heterocycles. The number of fused-ring (bicyclic) bond motifs is 3. The van der Waals surface area contributed by atoms with Crippen molar-refractivity contribution in [2.75, 3.05) is 10.7 Å². The fourth-order valence-electron chi connectivity index (χ4n) is 3.71. The molecule has 0 saturated carbocycles. The molecule has 0 spiro atoms. The van der Waals surface area contributed by atoms with Crippen molar-refractivity contribution in [3.05, 3.63) is 83.0 Å². The highest BCUT2D eigenvalue weighted by molar-refractivity contribution is 8.00.